The van der Waals surface area contributed by atoms with E-state index in [1.807, 2.05) is 18.2 Å². The molecule has 0 atom stereocenters. The van der Waals surface area contributed by atoms with Gasteiger partial charge in [0.1, 0.15) is 0 Å². The van der Waals surface area contributed by atoms with Gasteiger partial charge < -0.3 is 14.7 Å². The maximum absolute atomic E-state index is 10.8. The van der Waals surface area contributed by atoms with E-state index in [4.69, 9.17) is 4.74 Å². The fourth-order valence-corrected chi connectivity index (χ4v) is 3.48. The average Bonchev–Trinajstić information content (AvgIpc) is 2.71. The zero-order valence-electron chi connectivity index (χ0n) is 16.0. The Hall–Kier alpha value is -3.06. The summed E-state index contributed by atoms with van der Waals surface area (Å²) in [5, 5.41) is 21.3. The Bertz CT molecular complexity index is 843. The molecule has 2 aromatic rings. The zero-order valence-corrected chi connectivity index (χ0v) is 16.0. The molecule has 0 saturated carbocycles. The number of piperazine rings is 1. The Kier molecular flexibility index (Phi) is 6.16. The summed E-state index contributed by atoms with van der Waals surface area (Å²) < 4.78 is 5.30. The summed E-state index contributed by atoms with van der Waals surface area (Å²) in [6.45, 7) is 7.73. The molecule has 0 unspecified atom stereocenters. The van der Waals surface area contributed by atoms with Crippen LogP contribution in [0.1, 0.15) is 11.1 Å². The third kappa shape index (κ3) is 4.43. The number of allylic oxidation sites excluding steroid dienone is 1. The van der Waals surface area contributed by atoms with E-state index in [0.717, 1.165) is 49.4 Å². The van der Waals surface area contributed by atoms with Gasteiger partial charge in [0.05, 0.1) is 12.0 Å². The van der Waals surface area contributed by atoms with E-state index in [0.29, 0.717) is 12.3 Å². The minimum Gasteiger partial charge on any atom is -0.504 e. The number of non-ortho nitro benzene ring substituents is 1. The van der Waals surface area contributed by atoms with Crippen molar-refractivity contribution >= 4 is 11.4 Å². The largest absolute Gasteiger partial charge is 0.504 e. The van der Waals surface area contributed by atoms with Gasteiger partial charge in [-0.3, -0.25) is 15.0 Å². The van der Waals surface area contributed by atoms with Crippen LogP contribution in [0.15, 0.2) is 49.1 Å². The Morgan fingerprint density at radius 1 is 1.21 bits per heavy atom. The first kappa shape index (κ1) is 19.7. The normalized spacial score (nSPS) is 14.7. The number of hydrogen-bond donors (Lipinski definition) is 1. The molecule has 1 saturated heterocycles. The quantitative estimate of drug-likeness (QED) is 0.449. The Morgan fingerprint density at radius 3 is 2.46 bits per heavy atom. The van der Waals surface area contributed by atoms with Crippen molar-refractivity contribution < 1.29 is 14.8 Å². The highest BCUT2D eigenvalue weighted by molar-refractivity contribution is 5.51. The fraction of sp³-hybridized carbons (Fsp3) is 0.333. The summed E-state index contributed by atoms with van der Waals surface area (Å²) in [7, 11) is 1.56. The highest BCUT2D eigenvalue weighted by Gasteiger charge is 2.20. The SMILES string of the molecule is C=CCc1cc(CN2CCN(c3ccc([N+](=O)[O-])cc3)CC2)c(O)c(OC)c1. The average molecular weight is 383 g/mol. The Morgan fingerprint density at radius 2 is 1.89 bits per heavy atom. The molecule has 2 aromatic carbocycles. The zero-order chi connectivity index (χ0) is 20.1. The molecule has 1 fully saturated rings. The van der Waals surface area contributed by atoms with E-state index in [2.05, 4.69) is 16.4 Å². The van der Waals surface area contributed by atoms with E-state index in [-0.39, 0.29) is 16.4 Å². The third-order valence-electron chi connectivity index (χ3n) is 5.01. The first-order valence-corrected chi connectivity index (χ1v) is 9.23. The summed E-state index contributed by atoms with van der Waals surface area (Å²) in [4.78, 5) is 14.9. The van der Waals surface area contributed by atoms with Crippen LogP contribution in [0, 0.1) is 10.1 Å². The van der Waals surface area contributed by atoms with Crippen molar-refractivity contribution in [3.63, 3.8) is 0 Å². The smallest absolute Gasteiger partial charge is 0.269 e. The third-order valence-corrected chi connectivity index (χ3v) is 5.01. The van der Waals surface area contributed by atoms with Gasteiger partial charge in [0.25, 0.3) is 5.69 Å². The molecule has 7 heteroatoms. The second kappa shape index (κ2) is 8.75. The highest BCUT2D eigenvalue weighted by atomic mass is 16.6. The molecule has 1 N–H and O–H groups in total. The number of hydrogen-bond acceptors (Lipinski definition) is 6. The van der Waals surface area contributed by atoms with Gasteiger partial charge in [-0.15, -0.1) is 6.58 Å². The maximum atomic E-state index is 10.8. The molecule has 28 heavy (non-hydrogen) atoms. The summed E-state index contributed by atoms with van der Waals surface area (Å²) in [6.07, 6.45) is 2.55. The van der Waals surface area contributed by atoms with E-state index in [1.54, 1.807) is 19.2 Å². The number of rotatable bonds is 7. The lowest BCUT2D eigenvalue weighted by atomic mass is 10.0. The number of benzene rings is 2. The lowest BCUT2D eigenvalue weighted by molar-refractivity contribution is -0.384. The number of nitro groups is 1. The van der Waals surface area contributed by atoms with Crippen LogP contribution in [0.5, 0.6) is 11.5 Å². The molecule has 0 radical (unpaired) electrons. The van der Waals surface area contributed by atoms with Gasteiger partial charge in [-0.05, 0) is 30.2 Å². The van der Waals surface area contributed by atoms with Crippen LogP contribution in [0.3, 0.4) is 0 Å². The number of phenolic OH excluding ortho intramolecular Hbond substituents is 1. The molecule has 0 aromatic heterocycles. The molecular weight excluding hydrogens is 358 g/mol. The molecule has 0 aliphatic carbocycles. The topological polar surface area (TPSA) is 79.1 Å². The number of nitrogens with zero attached hydrogens (tertiary/aromatic N) is 3. The predicted octanol–water partition coefficient (Wildman–Crippen LogP) is 3.36. The van der Waals surface area contributed by atoms with Gasteiger partial charge >= 0.3 is 0 Å². The van der Waals surface area contributed by atoms with E-state index >= 15 is 0 Å². The van der Waals surface area contributed by atoms with E-state index in [9.17, 15) is 15.2 Å². The number of phenols is 1. The molecule has 1 aliphatic heterocycles. The summed E-state index contributed by atoms with van der Waals surface area (Å²) in [5.74, 6) is 0.673. The first-order valence-electron chi connectivity index (χ1n) is 9.23. The standard InChI is InChI=1S/C21H25N3O4/c1-3-4-16-13-17(21(25)20(14-16)28-2)15-22-9-11-23(12-10-22)18-5-7-19(8-6-18)24(26)27/h3,5-8,13-14,25H,1,4,9-12,15H2,2H3. The fourth-order valence-electron chi connectivity index (χ4n) is 3.48. The van der Waals surface area contributed by atoms with Gasteiger partial charge in [0.15, 0.2) is 11.5 Å². The van der Waals surface area contributed by atoms with Gasteiger partial charge in [0, 0.05) is 56.1 Å². The van der Waals surface area contributed by atoms with Crippen LogP contribution in [0.2, 0.25) is 0 Å². The first-order chi connectivity index (χ1) is 13.5. The van der Waals surface area contributed by atoms with Crippen LogP contribution < -0.4 is 9.64 Å². The van der Waals surface area contributed by atoms with Crippen LogP contribution in [-0.4, -0.2) is 48.2 Å². The lowest BCUT2D eigenvalue weighted by Crippen LogP contribution is -2.46. The van der Waals surface area contributed by atoms with Crippen molar-refractivity contribution in [1.82, 2.24) is 4.90 Å². The second-order valence-corrected chi connectivity index (χ2v) is 6.84. The molecule has 7 nitrogen and oxygen atoms in total. The minimum atomic E-state index is -0.386. The summed E-state index contributed by atoms with van der Waals surface area (Å²) in [6, 6.07) is 10.5. The molecule has 1 aliphatic rings. The lowest BCUT2D eigenvalue weighted by Gasteiger charge is -2.36. The summed E-state index contributed by atoms with van der Waals surface area (Å²) in [5.41, 5.74) is 3.00. The van der Waals surface area contributed by atoms with Crippen LogP contribution >= 0.6 is 0 Å². The second-order valence-electron chi connectivity index (χ2n) is 6.84. The molecule has 148 valence electrons. The van der Waals surface area contributed by atoms with E-state index < -0.39 is 0 Å². The minimum absolute atomic E-state index is 0.103. The Labute approximate surface area is 164 Å². The molecule has 0 bridgehead atoms. The number of methoxy groups -OCH3 is 1. The van der Waals surface area contributed by atoms with Gasteiger partial charge in [-0.1, -0.05) is 12.1 Å². The maximum Gasteiger partial charge on any atom is 0.269 e. The number of ether oxygens (including phenoxy) is 1. The van der Waals surface area contributed by atoms with Crippen molar-refractivity contribution in [2.75, 3.05) is 38.2 Å². The number of anilines is 1. The van der Waals surface area contributed by atoms with Crippen molar-refractivity contribution in [3.05, 3.63) is 70.3 Å². The van der Waals surface area contributed by atoms with Crippen molar-refractivity contribution in [3.8, 4) is 11.5 Å². The Balaban J connectivity index is 1.65. The number of nitro benzene ring substituents is 1. The molecule has 1 heterocycles. The molecule has 0 amide bonds. The molecule has 3 rings (SSSR count). The van der Waals surface area contributed by atoms with Crippen molar-refractivity contribution in [2.45, 2.75) is 13.0 Å². The number of aromatic hydroxyl groups is 1. The van der Waals surface area contributed by atoms with Crippen molar-refractivity contribution in [1.29, 1.82) is 0 Å². The van der Waals surface area contributed by atoms with Crippen LogP contribution in [0.25, 0.3) is 0 Å². The van der Waals surface area contributed by atoms with Gasteiger partial charge in [0.2, 0.25) is 0 Å². The van der Waals surface area contributed by atoms with E-state index in [1.165, 1.54) is 12.1 Å². The monoisotopic (exact) mass is 383 g/mol. The molecule has 0 spiro atoms. The van der Waals surface area contributed by atoms with Gasteiger partial charge in [-0.2, -0.15) is 0 Å². The van der Waals surface area contributed by atoms with Gasteiger partial charge in [-0.25, -0.2) is 0 Å². The van der Waals surface area contributed by atoms with Crippen LogP contribution in [0.4, 0.5) is 11.4 Å². The van der Waals surface area contributed by atoms with Crippen LogP contribution in [-0.2, 0) is 13.0 Å². The predicted molar refractivity (Wildman–Crippen MR) is 109 cm³/mol. The molecular formula is C21H25N3O4. The van der Waals surface area contributed by atoms with Crippen molar-refractivity contribution in [2.24, 2.45) is 0 Å². The highest BCUT2D eigenvalue weighted by Crippen LogP contribution is 2.33. The summed E-state index contributed by atoms with van der Waals surface area (Å²) >= 11 is 0.